The van der Waals surface area contributed by atoms with Gasteiger partial charge in [-0.05, 0) is 47.3 Å². The summed E-state index contributed by atoms with van der Waals surface area (Å²) in [7, 11) is 1.99. The predicted molar refractivity (Wildman–Crippen MR) is 123 cm³/mol. The zero-order chi connectivity index (χ0) is 21.0. The molecule has 0 saturated carbocycles. The van der Waals surface area contributed by atoms with Gasteiger partial charge in [0.25, 0.3) is 0 Å². The average molecular weight is 408 g/mol. The van der Waals surface area contributed by atoms with Crippen LogP contribution in [-0.2, 0) is 0 Å². The van der Waals surface area contributed by atoms with Gasteiger partial charge in [0.1, 0.15) is 11.4 Å². The Morgan fingerprint density at radius 1 is 0.966 bits per heavy atom. The molecule has 0 spiro atoms. The van der Waals surface area contributed by atoms with E-state index in [1.165, 1.54) is 0 Å². The molecule has 4 aromatic rings. The average Bonchev–Trinajstić information content (AvgIpc) is 2.76. The number of rotatable bonds is 3. The van der Waals surface area contributed by atoms with Gasteiger partial charge in [0.05, 0.1) is 12.7 Å². The van der Waals surface area contributed by atoms with Crippen LogP contribution in [0.3, 0.4) is 0 Å². The number of anilines is 2. The molecule has 148 valence electrons. The van der Waals surface area contributed by atoms with E-state index < -0.39 is 0 Å². The first-order valence-corrected chi connectivity index (χ1v) is 9.81. The SMILES string of the molecule is C[NH2+]c1ccc2c(SO)cc(C)c(N)c2c1.Nc1ccc2ccccc2c1N=O. The normalized spacial score (nSPS) is 10.6. The Kier molecular flexibility index (Phi) is 6.33. The van der Waals surface area contributed by atoms with Crippen LogP contribution in [0.2, 0.25) is 0 Å². The number of hydrogen-bond donors (Lipinski definition) is 4. The lowest BCUT2D eigenvalue weighted by molar-refractivity contribution is -0.539. The van der Waals surface area contributed by atoms with E-state index in [4.69, 9.17) is 11.5 Å². The van der Waals surface area contributed by atoms with Crippen molar-refractivity contribution in [2.45, 2.75) is 11.8 Å². The van der Waals surface area contributed by atoms with Gasteiger partial charge in [0.15, 0.2) is 0 Å². The van der Waals surface area contributed by atoms with Crippen molar-refractivity contribution < 1.29 is 9.87 Å². The van der Waals surface area contributed by atoms with E-state index in [1.807, 2.05) is 67.8 Å². The minimum atomic E-state index is 0.332. The van der Waals surface area contributed by atoms with Gasteiger partial charge in [0, 0.05) is 44.9 Å². The molecule has 6 nitrogen and oxygen atoms in total. The maximum Gasteiger partial charge on any atom is 0.138 e. The number of nitrogens with two attached hydrogens (primary N) is 3. The van der Waals surface area contributed by atoms with E-state index in [1.54, 1.807) is 6.07 Å². The molecular weight excluding hydrogens is 384 g/mol. The lowest BCUT2D eigenvalue weighted by Gasteiger charge is -2.09. The predicted octanol–water partition coefficient (Wildman–Crippen LogP) is 4.94. The van der Waals surface area contributed by atoms with Gasteiger partial charge < -0.3 is 21.3 Å². The Morgan fingerprint density at radius 2 is 1.72 bits per heavy atom. The number of fused-ring (bicyclic) bond motifs is 2. The topological polar surface area (TPSA) is 118 Å². The molecule has 0 saturated heterocycles. The number of nitrogens with zero attached hydrogens (tertiary/aromatic N) is 1. The molecule has 4 aromatic carbocycles. The summed E-state index contributed by atoms with van der Waals surface area (Å²) < 4.78 is 9.25. The van der Waals surface area contributed by atoms with Crippen molar-refractivity contribution in [2.75, 3.05) is 18.5 Å². The highest BCUT2D eigenvalue weighted by Gasteiger charge is 2.09. The Bertz CT molecular complexity index is 1190. The van der Waals surface area contributed by atoms with Crippen LogP contribution in [0.25, 0.3) is 21.5 Å². The standard InChI is InChI=1S/C12H14N2OS.C10H8N2O/c1-7-5-11(16-15)9-4-3-8(14-2)6-10(9)12(7)13;11-9-6-5-7-3-1-2-4-8(7)10(9)12-13/h3-6,14-15H,13H2,1-2H3;1-6H,11H2/p+1. The highest BCUT2D eigenvalue weighted by molar-refractivity contribution is 7.94. The molecule has 0 fully saturated rings. The van der Waals surface area contributed by atoms with Gasteiger partial charge in [0.2, 0.25) is 0 Å². The van der Waals surface area contributed by atoms with E-state index in [2.05, 4.69) is 11.2 Å². The Balaban J connectivity index is 0.000000169. The highest BCUT2D eigenvalue weighted by atomic mass is 32.2. The molecule has 0 aromatic heterocycles. The zero-order valence-electron chi connectivity index (χ0n) is 16.2. The summed E-state index contributed by atoms with van der Waals surface area (Å²) >= 11 is 0.769. The zero-order valence-corrected chi connectivity index (χ0v) is 17.0. The van der Waals surface area contributed by atoms with Crippen molar-refractivity contribution in [3.63, 3.8) is 0 Å². The molecule has 0 aliphatic heterocycles. The van der Waals surface area contributed by atoms with Crippen LogP contribution in [-0.4, -0.2) is 11.6 Å². The maximum absolute atomic E-state index is 10.5. The third-order valence-electron chi connectivity index (χ3n) is 4.83. The fraction of sp³-hybridized carbons (Fsp3) is 0.0909. The van der Waals surface area contributed by atoms with Gasteiger partial charge in [-0.2, -0.15) is 0 Å². The van der Waals surface area contributed by atoms with Gasteiger partial charge in [-0.25, -0.2) is 0 Å². The number of nitrogen functional groups attached to an aromatic ring is 2. The van der Waals surface area contributed by atoms with Crippen molar-refractivity contribution >= 4 is 56.3 Å². The molecule has 0 aliphatic carbocycles. The van der Waals surface area contributed by atoms with Crippen LogP contribution in [0.1, 0.15) is 5.56 Å². The number of quaternary nitrogens is 1. The Labute approximate surface area is 173 Å². The molecule has 0 bridgehead atoms. The third kappa shape index (κ3) is 4.17. The first kappa shape index (κ1) is 20.6. The van der Waals surface area contributed by atoms with Crippen molar-refractivity contribution in [1.82, 2.24) is 0 Å². The number of aryl methyl sites for hydroxylation is 1. The second kappa shape index (κ2) is 8.91. The molecule has 29 heavy (non-hydrogen) atoms. The smallest absolute Gasteiger partial charge is 0.138 e. The summed E-state index contributed by atoms with van der Waals surface area (Å²) in [6.07, 6.45) is 0. The molecule has 0 atom stereocenters. The number of hydrogen-bond acceptors (Lipinski definition) is 6. The summed E-state index contributed by atoms with van der Waals surface area (Å²) in [6, 6.07) is 19.1. The van der Waals surface area contributed by atoms with Crippen LogP contribution in [0.5, 0.6) is 0 Å². The Hall–Kier alpha value is -3.13. The number of benzene rings is 4. The number of nitroso groups, excluding NO2 is 1. The third-order valence-corrected chi connectivity index (χ3v) is 5.36. The van der Waals surface area contributed by atoms with Crippen molar-refractivity contribution in [2.24, 2.45) is 5.18 Å². The molecule has 7 heteroatoms. The molecule has 0 heterocycles. The molecule has 4 rings (SSSR count). The molecule has 0 aliphatic rings. The van der Waals surface area contributed by atoms with E-state index >= 15 is 0 Å². The van der Waals surface area contributed by atoms with Crippen LogP contribution in [0.4, 0.5) is 22.7 Å². The minimum Gasteiger partial charge on any atom is -0.398 e. The summed E-state index contributed by atoms with van der Waals surface area (Å²) in [5.41, 5.74) is 15.3. The maximum atomic E-state index is 10.5. The first-order chi connectivity index (χ1) is 14.0. The van der Waals surface area contributed by atoms with E-state index in [0.717, 1.165) is 55.4 Å². The van der Waals surface area contributed by atoms with Crippen molar-refractivity contribution in [3.8, 4) is 0 Å². The lowest BCUT2D eigenvalue weighted by Crippen LogP contribution is -2.72. The fourth-order valence-electron chi connectivity index (χ4n) is 3.19. The highest BCUT2D eigenvalue weighted by Crippen LogP contribution is 2.34. The monoisotopic (exact) mass is 407 g/mol. The van der Waals surface area contributed by atoms with Gasteiger partial charge in [-0.15, -0.1) is 4.91 Å². The van der Waals surface area contributed by atoms with Crippen LogP contribution < -0.4 is 16.8 Å². The van der Waals surface area contributed by atoms with Crippen LogP contribution in [0.15, 0.2) is 70.7 Å². The van der Waals surface area contributed by atoms with Crippen LogP contribution >= 0.6 is 12.0 Å². The summed E-state index contributed by atoms with van der Waals surface area (Å²) in [4.78, 5) is 11.4. The van der Waals surface area contributed by atoms with E-state index in [-0.39, 0.29) is 0 Å². The quantitative estimate of drug-likeness (QED) is 0.218. The molecule has 0 unspecified atom stereocenters. The van der Waals surface area contributed by atoms with Crippen molar-refractivity contribution in [1.29, 1.82) is 0 Å². The molecule has 7 N–H and O–H groups in total. The summed E-state index contributed by atoms with van der Waals surface area (Å²) in [6.45, 7) is 1.96. The van der Waals surface area contributed by atoms with E-state index in [0.29, 0.717) is 11.4 Å². The summed E-state index contributed by atoms with van der Waals surface area (Å²) in [5, 5.41) is 8.75. The molecule has 0 amide bonds. The molecular formula is C22H23N4O2S+. The second-order valence-electron chi connectivity index (χ2n) is 6.61. The largest absolute Gasteiger partial charge is 0.398 e. The van der Waals surface area contributed by atoms with E-state index in [9.17, 15) is 9.46 Å². The van der Waals surface area contributed by atoms with Crippen LogP contribution in [0, 0.1) is 11.8 Å². The Morgan fingerprint density at radius 3 is 2.41 bits per heavy atom. The molecule has 0 radical (unpaired) electrons. The van der Waals surface area contributed by atoms with Gasteiger partial charge in [-0.1, -0.05) is 30.3 Å². The van der Waals surface area contributed by atoms with Gasteiger partial charge in [-0.3, -0.25) is 0 Å². The lowest BCUT2D eigenvalue weighted by atomic mass is 10.0. The summed E-state index contributed by atoms with van der Waals surface area (Å²) in [5.74, 6) is 0. The second-order valence-corrected chi connectivity index (χ2v) is 7.23. The fourth-order valence-corrected chi connectivity index (χ4v) is 3.70. The minimum absolute atomic E-state index is 0.332. The van der Waals surface area contributed by atoms with Gasteiger partial charge >= 0.3 is 0 Å². The first-order valence-electron chi connectivity index (χ1n) is 9.04. The van der Waals surface area contributed by atoms with Crippen molar-refractivity contribution in [3.05, 3.63) is 71.1 Å².